The first-order chi connectivity index (χ1) is 9.74. The largest absolute Gasteiger partial charge is 0.369 e. The van der Waals surface area contributed by atoms with Crippen LogP contribution in [0.1, 0.15) is 44.2 Å². The zero-order valence-corrected chi connectivity index (χ0v) is 12.3. The zero-order chi connectivity index (χ0) is 14.1. The zero-order valence-electron chi connectivity index (χ0n) is 12.3. The van der Waals surface area contributed by atoms with Gasteiger partial charge in [-0.15, -0.1) is 0 Å². The maximum Gasteiger partial charge on any atom is 0.246 e. The fourth-order valence-corrected chi connectivity index (χ4v) is 3.48. The molecular formula is C16H23N3O. The first-order valence-corrected chi connectivity index (χ1v) is 7.63. The van der Waals surface area contributed by atoms with E-state index in [0.717, 1.165) is 17.8 Å². The van der Waals surface area contributed by atoms with Crippen LogP contribution in [0.4, 0.5) is 11.4 Å². The normalized spacial score (nSPS) is 25.5. The van der Waals surface area contributed by atoms with Crippen LogP contribution >= 0.6 is 0 Å². The van der Waals surface area contributed by atoms with Crippen molar-refractivity contribution < 1.29 is 4.79 Å². The van der Waals surface area contributed by atoms with Gasteiger partial charge in [0.15, 0.2) is 0 Å². The standard InChI is InChI=1S/C16H23N3O/c1-3-11-6-4-5-9-19(11)12-7-8-13-14(10-12)18-16(20)15(13)17-2/h7-8,10-11,15,17H,3-6,9H2,1-2H3,(H,18,20). The highest BCUT2D eigenvalue weighted by molar-refractivity contribution is 6.03. The Morgan fingerprint density at radius 2 is 2.25 bits per heavy atom. The molecule has 2 N–H and O–H groups in total. The Morgan fingerprint density at radius 3 is 3.00 bits per heavy atom. The maximum atomic E-state index is 11.9. The van der Waals surface area contributed by atoms with Crippen LogP contribution in [0.15, 0.2) is 18.2 Å². The van der Waals surface area contributed by atoms with Crippen molar-refractivity contribution in [1.82, 2.24) is 5.32 Å². The van der Waals surface area contributed by atoms with Gasteiger partial charge in [-0.25, -0.2) is 0 Å². The van der Waals surface area contributed by atoms with Crippen molar-refractivity contribution in [1.29, 1.82) is 0 Å². The molecule has 2 unspecified atom stereocenters. The fourth-order valence-electron chi connectivity index (χ4n) is 3.48. The van der Waals surface area contributed by atoms with E-state index in [4.69, 9.17) is 0 Å². The lowest BCUT2D eigenvalue weighted by atomic mass is 9.98. The molecule has 2 atom stereocenters. The van der Waals surface area contributed by atoms with Crippen LogP contribution < -0.4 is 15.5 Å². The second-order valence-corrected chi connectivity index (χ2v) is 5.73. The highest BCUT2D eigenvalue weighted by atomic mass is 16.2. The molecule has 0 aliphatic carbocycles. The number of amides is 1. The summed E-state index contributed by atoms with van der Waals surface area (Å²) in [5.74, 6) is 0.0466. The second kappa shape index (κ2) is 5.44. The van der Waals surface area contributed by atoms with Gasteiger partial charge in [-0.05, 0) is 44.9 Å². The van der Waals surface area contributed by atoms with Crippen LogP contribution in [-0.2, 0) is 4.79 Å². The number of benzene rings is 1. The summed E-state index contributed by atoms with van der Waals surface area (Å²) in [6.07, 6.45) is 5.05. The molecule has 0 spiro atoms. The third-order valence-electron chi connectivity index (χ3n) is 4.59. The van der Waals surface area contributed by atoms with E-state index in [9.17, 15) is 4.79 Å². The van der Waals surface area contributed by atoms with Gasteiger partial charge in [-0.2, -0.15) is 0 Å². The van der Waals surface area contributed by atoms with Crippen LogP contribution in [0.25, 0.3) is 0 Å². The number of rotatable bonds is 3. The molecule has 4 heteroatoms. The van der Waals surface area contributed by atoms with Gasteiger partial charge < -0.3 is 15.5 Å². The van der Waals surface area contributed by atoms with Crippen LogP contribution in [0.5, 0.6) is 0 Å². The number of piperidine rings is 1. The van der Waals surface area contributed by atoms with E-state index in [0.29, 0.717) is 6.04 Å². The summed E-state index contributed by atoms with van der Waals surface area (Å²) >= 11 is 0. The number of carbonyl (C=O) groups is 1. The molecule has 20 heavy (non-hydrogen) atoms. The highest BCUT2D eigenvalue weighted by Gasteiger charge is 2.30. The van der Waals surface area contributed by atoms with E-state index < -0.39 is 0 Å². The Hall–Kier alpha value is -1.55. The molecule has 0 saturated carbocycles. The smallest absolute Gasteiger partial charge is 0.246 e. The van der Waals surface area contributed by atoms with E-state index in [-0.39, 0.29) is 11.9 Å². The van der Waals surface area contributed by atoms with E-state index in [1.165, 1.54) is 31.4 Å². The average molecular weight is 273 g/mol. The lowest BCUT2D eigenvalue weighted by Gasteiger charge is -2.37. The molecule has 4 nitrogen and oxygen atoms in total. The van der Waals surface area contributed by atoms with Crippen molar-refractivity contribution in [2.24, 2.45) is 0 Å². The molecule has 2 aliphatic heterocycles. The minimum Gasteiger partial charge on any atom is -0.369 e. The summed E-state index contributed by atoms with van der Waals surface area (Å²) in [6.45, 7) is 3.38. The van der Waals surface area contributed by atoms with E-state index in [1.54, 1.807) is 0 Å². The Morgan fingerprint density at radius 1 is 1.40 bits per heavy atom. The highest BCUT2D eigenvalue weighted by Crippen LogP contribution is 2.35. The molecule has 0 radical (unpaired) electrons. The fraction of sp³-hybridized carbons (Fsp3) is 0.562. The summed E-state index contributed by atoms with van der Waals surface area (Å²) in [7, 11) is 1.82. The molecule has 1 amide bonds. The van der Waals surface area contributed by atoms with Crippen molar-refractivity contribution in [3.05, 3.63) is 23.8 Å². The van der Waals surface area contributed by atoms with Crippen molar-refractivity contribution in [3.8, 4) is 0 Å². The van der Waals surface area contributed by atoms with Crippen molar-refractivity contribution in [3.63, 3.8) is 0 Å². The summed E-state index contributed by atoms with van der Waals surface area (Å²) in [4.78, 5) is 14.4. The van der Waals surface area contributed by atoms with Crippen molar-refractivity contribution in [2.45, 2.75) is 44.7 Å². The number of carbonyl (C=O) groups excluding carboxylic acids is 1. The Kier molecular flexibility index (Phi) is 3.66. The van der Waals surface area contributed by atoms with E-state index >= 15 is 0 Å². The predicted octanol–water partition coefficient (Wildman–Crippen LogP) is 2.67. The first-order valence-electron chi connectivity index (χ1n) is 7.63. The minimum absolute atomic E-state index is 0.0466. The van der Waals surface area contributed by atoms with E-state index in [2.05, 4.69) is 40.7 Å². The van der Waals surface area contributed by atoms with Gasteiger partial charge in [-0.1, -0.05) is 13.0 Å². The summed E-state index contributed by atoms with van der Waals surface area (Å²) in [5.41, 5.74) is 3.27. The number of nitrogens with zero attached hydrogens (tertiary/aromatic N) is 1. The molecular weight excluding hydrogens is 250 g/mol. The van der Waals surface area contributed by atoms with Crippen LogP contribution in [0.3, 0.4) is 0 Å². The van der Waals surface area contributed by atoms with Crippen LogP contribution in [0.2, 0.25) is 0 Å². The van der Waals surface area contributed by atoms with Gasteiger partial charge >= 0.3 is 0 Å². The monoisotopic (exact) mass is 273 g/mol. The number of fused-ring (bicyclic) bond motifs is 1. The summed E-state index contributed by atoms with van der Waals surface area (Å²) in [6, 6.07) is 6.82. The number of anilines is 2. The van der Waals surface area contributed by atoms with Gasteiger partial charge in [0.2, 0.25) is 5.91 Å². The number of hydrogen-bond acceptors (Lipinski definition) is 3. The molecule has 1 aromatic carbocycles. The molecule has 2 aliphatic rings. The Bertz CT molecular complexity index is 514. The molecule has 108 valence electrons. The Labute approximate surface area is 120 Å². The molecule has 1 aromatic rings. The SMILES string of the molecule is CCC1CCCCN1c1ccc2c(c1)NC(=O)C2NC. The average Bonchev–Trinajstić information content (AvgIpc) is 2.81. The minimum atomic E-state index is -0.206. The first kappa shape index (κ1) is 13.4. The maximum absolute atomic E-state index is 11.9. The molecule has 1 fully saturated rings. The third-order valence-corrected chi connectivity index (χ3v) is 4.59. The van der Waals surface area contributed by atoms with Gasteiger partial charge in [0.1, 0.15) is 6.04 Å². The van der Waals surface area contributed by atoms with Gasteiger partial charge in [0, 0.05) is 29.5 Å². The summed E-state index contributed by atoms with van der Waals surface area (Å²) in [5, 5.41) is 6.05. The third kappa shape index (κ3) is 2.18. The number of hydrogen-bond donors (Lipinski definition) is 2. The quantitative estimate of drug-likeness (QED) is 0.890. The van der Waals surface area contributed by atoms with Crippen LogP contribution in [0, 0.1) is 0 Å². The lowest BCUT2D eigenvalue weighted by Crippen LogP contribution is -2.39. The number of likely N-dealkylation sites (N-methyl/N-ethyl adjacent to an activating group) is 1. The van der Waals surface area contributed by atoms with E-state index in [1.807, 2.05) is 7.05 Å². The second-order valence-electron chi connectivity index (χ2n) is 5.73. The molecule has 3 rings (SSSR count). The van der Waals surface area contributed by atoms with Gasteiger partial charge in [0.25, 0.3) is 0 Å². The molecule has 2 heterocycles. The van der Waals surface area contributed by atoms with Crippen molar-refractivity contribution >= 4 is 17.3 Å². The Balaban J connectivity index is 1.89. The van der Waals surface area contributed by atoms with Crippen LogP contribution in [-0.4, -0.2) is 25.5 Å². The predicted molar refractivity (Wildman–Crippen MR) is 82.1 cm³/mol. The van der Waals surface area contributed by atoms with Crippen molar-refractivity contribution in [2.75, 3.05) is 23.8 Å². The van der Waals surface area contributed by atoms with Gasteiger partial charge in [-0.3, -0.25) is 4.79 Å². The lowest BCUT2D eigenvalue weighted by molar-refractivity contribution is -0.117. The summed E-state index contributed by atoms with van der Waals surface area (Å²) < 4.78 is 0. The topological polar surface area (TPSA) is 44.4 Å². The van der Waals surface area contributed by atoms with Gasteiger partial charge in [0.05, 0.1) is 0 Å². The molecule has 0 aromatic heterocycles. The molecule has 0 bridgehead atoms. The molecule has 1 saturated heterocycles. The number of nitrogens with one attached hydrogen (secondary N) is 2.